The van der Waals surface area contributed by atoms with Crippen LogP contribution in [0.3, 0.4) is 0 Å². The van der Waals surface area contributed by atoms with E-state index in [0.717, 1.165) is 11.4 Å². The van der Waals surface area contributed by atoms with Gasteiger partial charge in [0.2, 0.25) is 0 Å². The minimum absolute atomic E-state index is 0.486. The summed E-state index contributed by atoms with van der Waals surface area (Å²) in [6.07, 6.45) is 7.95. The van der Waals surface area contributed by atoms with Gasteiger partial charge in [-0.3, -0.25) is 9.30 Å². The van der Waals surface area contributed by atoms with E-state index in [0.29, 0.717) is 11.8 Å². The van der Waals surface area contributed by atoms with E-state index >= 15 is 0 Å². The van der Waals surface area contributed by atoms with Crippen molar-refractivity contribution in [1.82, 2.24) is 24.5 Å². The highest BCUT2D eigenvalue weighted by Gasteiger charge is 2.18. The number of nitrogens with zero attached hydrogens (tertiary/aromatic N) is 5. The summed E-state index contributed by atoms with van der Waals surface area (Å²) in [6.45, 7) is 6.69. The van der Waals surface area contributed by atoms with Crippen molar-refractivity contribution in [1.29, 1.82) is 0 Å². The van der Waals surface area contributed by atoms with Crippen LogP contribution in [-0.2, 0) is 0 Å². The molecular weight excluding hydrogens is 298 g/mol. The van der Waals surface area contributed by atoms with Gasteiger partial charge in [-0.25, -0.2) is 4.98 Å². The minimum Gasteiger partial charge on any atom is -0.297 e. The molecule has 24 heavy (non-hydrogen) atoms. The Labute approximate surface area is 142 Å². The molecule has 0 N–H and O–H groups in total. The van der Waals surface area contributed by atoms with E-state index in [1.807, 2.05) is 17.5 Å². The molecule has 1 fully saturated rings. The lowest BCUT2D eigenvalue weighted by Crippen LogP contribution is -2.32. The van der Waals surface area contributed by atoms with Gasteiger partial charge in [0.15, 0.2) is 0 Å². The van der Waals surface area contributed by atoms with Crippen LogP contribution in [0.25, 0.3) is 16.9 Å². The zero-order valence-corrected chi connectivity index (χ0v) is 14.3. The van der Waals surface area contributed by atoms with Gasteiger partial charge in [-0.05, 0) is 50.9 Å². The minimum atomic E-state index is 0.486. The third kappa shape index (κ3) is 2.80. The maximum atomic E-state index is 4.39. The van der Waals surface area contributed by atoms with Crippen LogP contribution in [0, 0.1) is 6.92 Å². The second kappa shape index (κ2) is 6.32. The van der Waals surface area contributed by atoms with Crippen molar-refractivity contribution >= 4 is 5.78 Å². The molecule has 124 valence electrons. The van der Waals surface area contributed by atoms with Crippen molar-refractivity contribution in [3.05, 3.63) is 48.0 Å². The number of rotatable bonds is 3. The number of aryl methyl sites for hydroxylation is 1. The molecule has 5 heteroatoms. The Bertz CT molecular complexity index is 831. The second-order valence-corrected chi connectivity index (χ2v) is 6.65. The first-order valence-electron chi connectivity index (χ1n) is 8.74. The molecule has 1 aliphatic rings. The fraction of sp³-hybridized carbons (Fsp3) is 0.421. The Morgan fingerprint density at radius 2 is 1.71 bits per heavy atom. The molecule has 1 aliphatic heterocycles. The molecule has 0 unspecified atom stereocenters. The van der Waals surface area contributed by atoms with Gasteiger partial charge in [0.05, 0.1) is 0 Å². The van der Waals surface area contributed by atoms with Crippen molar-refractivity contribution in [2.75, 3.05) is 13.1 Å². The monoisotopic (exact) mass is 321 g/mol. The smallest absolute Gasteiger partial charge is 0.254 e. The fourth-order valence-corrected chi connectivity index (χ4v) is 3.52. The maximum Gasteiger partial charge on any atom is 0.254 e. The van der Waals surface area contributed by atoms with Crippen molar-refractivity contribution < 1.29 is 0 Å². The molecule has 1 atom stereocenters. The molecule has 4 rings (SSSR count). The van der Waals surface area contributed by atoms with Crippen LogP contribution in [0.5, 0.6) is 0 Å². The third-order valence-electron chi connectivity index (χ3n) is 5.10. The van der Waals surface area contributed by atoms with Gasteiger partial charge >= 0.3 is 0 Å². The SMILES string of the molecule is Cc1nnc2ncc(-c3ccc([C@H](C)N4CCCCC4)cc3)cn12. The van der Waals surface area contributed by atoms with Gasteiger partial charge in [-0.2, -0.15) is 0 Å². The molecule has 0 bridgehead atoms. The van der Waals surface area contributed by atoms with E-state index < -0.39 is 0 Å². The van der Waals surface area contributed by atoms with Crippen molar-refractivity contribution in [2.45, 2.75) is 39.2 Å². The fourth-order valence-electron chi connectivity index (χ4n) is 3.52. The van der Waals surface area contributed by atoms with Gasteiger partial charge in [-0.15, -0.1) is 10.2 Å². The summed E-state index contributed by atoms with van der Waals surface area (Å²) < 4.78 is 1.93. The van der Waals surface area contributed by atoms with E-state index in [4.69, 9.17) is 0 Å². The maximum absolute atomic E-state index is 4.39. The molecule has 0 spiro atoms. The average Bonchev–Trinajstić information content (AvgIpc) is 3.02. The molecule has 1 saturated heterocycles. The molecule has 5 nitrogen and oxygen atoms in total. The summed E-state index contributed by atoms with van der Waals surface area (Å²) in [4.78, 5) is 6.98. The van der Waals surface area contributed by atoms with Gasteiger partial charge in [-0.1, -0.05) is 30.7 Å². The molecular formula is C19H23N5. The highest BCUT2D eigenvalue weighted by molar-refractivity contribution is 5.63. The Balaban J connectivity index is 1.59. The van der Waals surface area contributed by atoms with Gasteiger partial charge < -0.3 is 0 Å². The molecule has 1 aromatic carbocycles. The zero-order chi connectivity index (χ0) is 16.5. The number of likely N-dealkylation sites (tertiary alicyclic amines) is 1. The molecule has 0 aliphatic carbocycles. The Hall–Kier alpha value is -2.27. The molecule has 0 saturated carbocycles. The van der Waals surface area contributed by atoms with Gasteiger partial charge in [0.25, 0.3) is 5.78 Å². The Morgan fingerprint density at radius 1 is 0.958 bits per heavy atom. The predicted molar refractivity (Wildman–Crippen MR) is 94.8 cm³/mol. The first-order valence-corrected chi connectivity index (χ1v) is 8.74. The summed E-state index contributed by atoms with van der Waals surface area (Å²) in [5.41, 5.74) is 3.64. The van der Waals surface area contributed by atoms with Crippen molar-refractivity contribution in [3.8, 4) is 11.1 Å². The lowest BCUT2D eigenvalue weighted by Gasteiger charge is -2.32. The van der Waals surface area contributed by atoms with Crippen LogP contribution in [0.15, 0.2) is 36.7 Å². The van der Waals surface area contributed by atoms with Gasteiger partial charge in [0, 0.05) is 24.0 Å². The predicted octanol–water partition coefficient (Wildman–Crippen LogP) is 3.65. The highest BCUT2D eigenvalue weighted by Crippen LogP contribution is 2.26. The second-order valence-electron chi connectivity index (χ2n) is 6.65. The molecule has 2 aromatic heterocycles. The summed E-state index contributed by atoms with van der Waals surface area (Å²) in [5.74, 6) is 1.50. The van der Waals surface area contributed by atoms with Gasteiger partial charge in [0.1, 0.15) is 5.82 Å². The van der Waals surface area contributed by atoms with Crippen LogP contribution >= 0.6 is 0 Å². The van der Waals surface area contributed by atoms with Crippen LogP contribution < -0.4 is 0 Å². The highest BCUT2D eigenvalue weighted by atomic mass is 15.3. The van der Waals surface area contributed by atoms with E-state index in [1.165, 1.54) is 43.5 Å². The van der Waals surface area contributed by atoms with Crippen LogP contribution in [0.2, 0.25) is 0 Å². The first kappa shape index (κ1) is 15.3. The standard InChI is InChI=1S/C19H23N5/c1-14(23-10-4-3-5-11-23)16-6-8-17(9-7-16)18-12-20-19-22-21-15(2)24(19)13-18/h6-9,12-14H,3-5,10-11H2,1-2H3/t14-/m0/s1. The quantitative estimate of drug-likeness (QED) is 0.739. The van der Waals surface area contributed by atoms with E-state index in [-0.39, 0.29) is 0 Å². The van der Waals surface area contributed by atoms with Crippen LogP contribution in [-0.4, -0.2) is 37.6 Å². The summed E-state index contributed by atoms with van der Waals surface area (Å²) in [5, 5.41) is 8.10. The number of aromatic nitrogens is 4. The van der Waals surface area contributed by atoms with Crippen molar-refractivity contribution in [3.63, 3.8) is 0 Å². The molecule has 0 amide bonds. The summed E-state index contributed by atoms with van der Waals surface area (Å²) in [7, 11) is 0. The van der Waals surface area contributed by atoms with E-state index in [9.17, 15) is 0 Å². The molecule has 3 aromatic rings. The Kier molecular flexibility index (Phi) is 4.02. The third-order valence-corrected chi connectivity index (χ3v) is 5.10. The number of hydrogen-bond donors (Lipinski definition) is 0. The van der Waals surface area contributed by atoms with Crippen LogP contribution in [0.4, 0.5) is 0 Å². The Morgan fingerprint density at radius 3 is 2.46 bits per heavy atom. The summed E-state index contributed by atoms with van der Waals surface area (Å²) >= 11 is 0. The lowest BCUT2D eigenvalue weighted by molar-refractivity contribution is 0.175. The number of piperidine rings is 1. The molecule has 0 radical (unpaired) electrons. The first-order chi connectivity index (χ1) is 11.7. The molecule has 3 heterocycles. The topological polar surface area (TPSA) is 46.3 Å². The number of benzene rings is 1. The van der Waals surface area contributed by atoms with E-state index in [1.54, 1.807) is 0 Å². The number of fused-ring (bicyclic) bond motifs is 1. The van der Waals surface area contributed by atoms with Crippen molar-refractivity contribution in [2.24, 2.45) is 0 Å². The zero-order valence-electron chi connectivity index (χ0n) is 14.3. The van der Waals surface area contributed by atoms with Crippen LogP contribution in [0.1, 0.15) is 43.6 Å². The lowest BCUT2D eigenvalue weighted by atomic mass is 10.0. The average molecular weight is 321 g/mol. The summed E-state index contributed by atoms with van der Waals surface area (Å²) in [6, 6.07) is 9.37. The number of hydrogen-bond acceptors (Lipinski definition) is 4. The van der Waals surface area contributed by atoms with E-state index in [2.05, 4.69) is 57.5 Å². The normalized spacial score (nSPS) is 17.2. The largest absolute Gasteiger partial charge is 0.297 e.